The van der Waals surface area contributed by atoms with E-state index in [0.717, 1.165) is 50.3 Å². The molecule has 0 spiro atoms. The Morgan fingerprint density at radius 3 is 2.37 bits per heavy atom. The third-order valence-corrected chi connectivity index (χ3v) is 8.23. The molecule has 3 saturated heterocycles. The molecular formula is C30H32ClN7O3. The van der Waals surface area contributed by atoms with Gasteiger partial charge in [0.15, 0.2) is 0 Å². The Morgan fingerprint density at radius 2 is 1.71 bits per heavy atom. The maximum Gasteiger partial charge on any atom is 0.252 e. The summed E-state index contributed by atoms with van der Waals surface area (Å²) in [5, 5.41) is 14.9. The van der Waals surface area contributed by atoms with Gasteiger partial charge in [0, 0.05) is 54.7 Å². The van der Waals surface area contributed by atoms with Gasteiger partial charge in [-0.2, -0.15) is 5.26 Å². The van der Waals surface area contributed by atoms with Gasteiger partial charge in [-0.3, -0.25) is 9.69 Å². The van der Waals surface area contributed by atoms with Gasteiger partial charge >= 0.3 is 0 Å². The standard InChI is InChI=1S/C30H32ClN7O3/c31-25-17-34-30(36-28(25)20-1-3-21(4-2-20)29(39)33-12-11-32)35-22-5-7-23(8-6-22)37-13-9-24(10-14-37)38-18-26-27(19-38)41-16-15-40-26/h1-8,17,24,26-27H,9-10,12-16,18-19H2,(H,33,39)(H,34,35,36). The highest BCUT2D eigenvalue weighted by Crippen LogP contribution is 2.30. The van der Waals surface area contributed by atoms with Gasteiger partial charge in [-0.15, -0.1) is 0 Å². The van der Waals surface area contributed by atoms with Crippen molar-refractivity contribution in [3.8, 4) is 17.3 Å². The molecule has 11 heteroatoms. The average Bonchev–Trinajstić information content (AvgIpc) is 3.46. The first-order chi connectivity index (χ1) is 20.1. The molecule has 3 aromatic rings. The molecule has 2 unspecified atom stereocenters. The molecule has 3 aliphatic rings. The number of carbonyl (C=O) groups is 1. The van der Waals surface area contributed by atoms with Crippen LogP contribution < -0.4 is 15.5 Å². The largest absolute Gasteiger partial charge is 0.372 e. The van der Waals surface area contributed by atoms with E-state index in [9.17, 15) is 4.79 Å². The monoisotopic (exact) mass is 573 g/mol. The molecule has 2 atom stereocenters. The average molecular weight is 574 g/mol. The second-order valence-electron chi connectivity index (χ2n) is 10.5. The van der Waals surface area contributed by atoms with Gasteiger partial charge in [-0.05, 0) is 49.2 Å². The molecule has 0 bridgehead atoms. The number of aromatic nitrogens is 2. The molecule has 2 aromatic carbocycles. The van der Waals surface area contributed by atoms with Crippen LogP contribution in [0.4, 0.5) is 17.3 Å². The van der Waals surface area contributed by atoms with Crippen molar-refractivity contribution in [2.45, 2.75) is 31.1 Å². The molecule has 10 nitrogen and oxygen atoms in total. The van der Waals surface area contributed by atoms with Crippen molar-refractivity contribution in [1.29, 1.82) is 5.26 Å². The summed E-state index contributed by atoms with van der Waals surface area (Å²) >= 11 is 6.41. The lowest BCUT2D eigenvalue weighted by atomic mass is 10.0. The van der Waals surface area contributed by atoms with Crippen molar-refractivity contribution in [2.24, 2.45) is 0 Å². The molecule has 0 aliphatic carbocycles. The highest BCUT2D eigenvalue weighted by atomic mass is 35.5. The molecule has 2 N–H and O–H groups in total. The van der Waals surface area contributed by atoms with Crippen LogP contribution in [-0.2, 0) is 9.47 Å². The fourth-order valence-corrected chi connectivity index (χ4v) is 5.99. The van der Waals surface area contributed by atoms with E-state index >= 15 is 0 Å². The van der Waals surface area contributed by atoms with Crippen LogP contribution in [0.2, 0.25) is 5.02 Å². The van der Waals surface area contributed by atoms with Crippen molar-refractivity contribution >= 4 is 34.8 Å². The third kappa shape index (κ3) is 6.29. The van der Waals surface area contributed by atoms with Gasteiger partial charge in [0.1, 0.15) is 6.54 Å². The Hall–Kier alpha value is -3.75. The summed E-state index contributed by atoms with van der Waals surface area (Å²) in [6, 6.07) is 17.7. The number of piperidine rings is 1. The lowest BCUT2D eigenvalue weighted by Crippen LogP contribution is -2.44. The lowest BCUT2D eigenvalue weighted by Gasteiger charge is -2.37. The van der Waals surface area contributed by atoms with Gasteiger partial charge < -0.3 is 25.0 Å². The SMILES string of the molecule is N#CCNC(=O)c1ccc(-c2nc(Nc3ccc(N4CCC(N5CC6OCCOC6C5)CC4)cc3)ncc2Cl)cc1. The van der Waals surface area contributed by atoms with Crippen LogP contribution in [0.5, 0.6) is 0 Å². The van der Waals surface area contributed by atoms with Crippen LogP contribution in [0.3, 0.4) is 0 Å². The predicted octanol–water partition coefficient (Wildman–Crippen LogP) is 3.86. The number of anilines is 3. The van der Waals surface area contributed by atoms with Crippen LogP contribution in [-0.4, -0.2) is 85.0 Å². The second kappa shape index (κ2) is 12.4. The molecule has 4 heterocycles. The molecular weight excluding hydrogens is 542 g/mol. The normalized spacial score (nSPS) is 21.2. The molecule has 3 fully saturated rings. The fourth-order valence-electron chi connectivity index (χ4n) is 5.79. The van der Waals surface area contributed by atoms with Crippen molar-refractivity contribution < 1.29 is 14.3 Å². The fraction of sp³-hybridized carbons (Fsp3) is 0.400. The van der Waals surface area contributed by atoms with Crippen LogP contribution in [0.15, 0.2) is 54.7 Å². The minimum atomic E-state index is -0.309. The molecule has 1 amide bonds. The molecule has 0 radical (unpaired) electrons. The van der Waals surface area contributed by atoms with Gasteiger partial charge in [0.2, 0.25) is 5.95 Å². The van der Waals surface area contributed by atoms with E-state index < -0.39 is 0 Å². The highest BCUT2D eigenvalue weighted by molar-refractivity contribution is 6.32. The third-order valence-electron chi connectivity index (χ3n) is 7.95. The first-order valence-electron chi connectivity index (χ1n) is 13.9. The zero-order valence-corrected chi connectivity index (χ0v) is 23.4. The highest BCUT2D eigenvalue weighted by Gasteiger charge is 2.40. The van der Waals surface area contributed by atoms with E-state index in [2.05, 4.69) is 42.5 Å². The number of benzene rings is 2. The number of halogens is 1. The lowest BCUT2D eigenvalue weighted by molar-refractivity contribution is -0.116. The first kappa shape index (κ1) is 27.4. The number of carbonyl (C=O) groups excluding carboxylic acids is 1. The molecule has 3 aliphatic heterocycles. The number of rotatable bonds is 7. The maximum absolute atomic E-state index is 12.1. The smallest absolute Gasteiger partial charge is 0.252 e. The van der Waals surface area contributed by atoms with Gasteiger partial charge in [-0.1, -0.05) is 23.7 Å². The van der Waals surface area contributed by atoms with E-state index in [0.29, 0.717) is 41.5 Å². The quantitative estimate of drug-likeness (QED) is 0.406. The minimum absolute atomic E-state index is 0.0430. The Balaban J connectivity index is 1.05. The number of nitrogens with one attached hydrogen (secondary N) is 2. The van der Waals surface area contributed by atoms with Gasteiger partial charge in [0.05, 0.1) is 48.4 Å². The number of nitriles is 1. The number of hydrogen-bond donors (Lipinski definition) is 2. The molecule has 1 aromatic heterocycles. The number of ether oxygens (including phenoxy) is 2. The Labute approximate surface area is 244 Å². The van der Waals surface area contributed by atoms with Crippen LogP contribution in [0.1, 0.15) is 23.2 Å². The summed E-state index contributed by atoms with van der Waals surface area (Å²) < 4.78 is 11.8. The van der Waals surface area contributed by atoms with Crippen molar-refractivity contribution in [3.63, 3.8) is 0 Å². The second-order valence-corrected chi connectivity index (χ2v) is 10.9. The summed E-state index contributed by atoms with van der Waals surface area (Å²) in [5.74, 6) is 0.115. The molecule has 0 saturated carbocycles. The summed E-state index contributed by atoms with van der Waals surface area (Å²) in [6.07, 6.45) is 4.29. The summed E-state index contributed by atoms with van der Waals surface area (Å²) in [4.78, 5) is 26.0. The Morgan fingerprint density at radius 1 is 1.02 bits per heavy atom. The summed E-state index contributed by atoms with van der Waals surface area (Å²) in [6.45, 7) is 5.39. The van der Waals surface area contributed by atoms with Crippen LogP contribution in [0.25, 0.3) is 11.3 Å². The molecule has 212 valence electrons. The van der Waals surface area contributed by atoms with Crippen LogP contribution in [0, 0.1) is 11.3 Å². The summed E-state index contributed by atoms with van der Waals surface area (Å²) in [7, 11) is 0. The van der Waals surface area contributed by atoms with Crippen molar-refractivity contribution in [2.75, 3.05) is 56.2 Å². The summed E-state index contributed by atoms with van der Waals surface area (Å²) in [5.41, 5.74) is 3.84. The number of amides is 1. The van der Waals surface area contributed by atoms with Crippen LogP contribution >= 0.6 is 11.6 Å². The zero-order valence-electron chi connectivity index (χ0n) is 22.6. The Kier molecular flexibility index (Phi) is 8.30. The minimum Gasteiger partial charge on any atom is -0.372 e. The number of fused-ring (bicyclic) bond motifs is 1. The van der Waals surface area contributed by atoms with Crippen molar-refractivity contribution in [1.82, 2.24) is 20.2 Å². The van der Waals surface area contributed by atoms with E-state index in [1.807, 2.05) is 18.2 Å². The van der Waals surface area contributed by atoms with Gasteiger partial charge in [0.25, 0.3) is 5.91 Å². The number of likely N-dealkylation sites (tertiary alicyclic amines) is 1. The van der Waals surface area contributed by atoms with E-state index in [1.165, 1.54) is 5.69 Å². The Bertz CT molecular complexity index is 1390. The maximum atomic E-state index is 12.1. The van der Waals surface area contributed by atoms with E-state index in [-0.39, 0.29) is 24.7 Å². The molecule has 6 rings (SSSR count). The molecule has 41 heavy (non-hydrogen) atoms. The zero-order chi connectivity index (χ0) is 28.2. The topological polar surface area (TPSA) is 116 Å². The van der Waals surface area contributed by atoms with E-state index in [1.54, 1.807) is 30.5 Å². The predicted molar refractivity (Wildman–Crippen MR) is 156 cm³/mol. The van der Waals surface area contributed by atoms with Gasteiger partial charge in [-0.25, -0.2) is 9.97 Å². The number of nitrogens with zero attached hydrogens (tertiary/aromatic N) is 5. The first-order valence-corrected chi connectivity index (χ1v) is 14.3. The number of hydrogen-bond acceptors (Lipinski definition) is 9. The van der Waals surface area contributed by atoms with Crippen molar-refractivity contribution in [3.05, 3.63) is 65.3 Å². The van der Waals surface area contributed by atoms with E-state index in [4.69, 9.17) is 26.3 Å².